The molecule has 0 radical (unpaired) electrons. The summed E-state index contributed by atoms with van der Waals surface area (Å²) in [6.45, 7) is 0.0832. The molecule has 0 aliphatic rings. The van der Waals surface area contributed by atoms with Gasteiger partial charge in [-0.05, 0) is 12.1 Å². The lowest BCUT2D eigenvalue weighted by Gasteiger charge is -2.07. The summed E-state index contributed by atoms with van der Waals surface area (Å²) in [5.41, 5.74) is 0.396. The zero-order chi connectivity index (χ0) is 10.6. The first kappa shape index (κ1) is 10.9. The van der Waals surface area contributed by atoms with Crippen molar-refractivity contribution in [2.75, 3.05) is 6.61 Å². The second kappa shape index (κ2) is 4.90. The van der Waals surface area contributed by atoms with E-state index >= 15 is 0 Å². The van der Waals surface area contributed by atoms with E-state index < -0.39 is 0 Å². The van der Waals surface area contributed by atoms with Gasteiger partial charge in [-0.15, -0.1) is 6.42 Å². The van der Waals surface area contributed by atoms with Crippen molar-refractivity contribution in [3.05, 3.63) is 27.7 Å². The fourth-order valence-corrected chi connectivity index (χ4v) is 1.51. The minimum Gasteiger partial charge on any atom is -0.478 e. The summed E-state index contributed by atoms with van der Waals surface area (Å²) >= 11 is 11.6. The Morgan fingerprint density at radius 2 is 2.00 bits per heavy atom. The number of hydrogen-bond acceptors (Lipinski definition) is 2. The molecule has 0 aliphatic carbocycles. The quantitative estimate of drug-likeness (QED) is 0.588. The molecular weight excluding hydrogens is 223 g/mol. The topological polar surface area (TPSA) is 26.3 Å². The molecule has 0 amide bonds. The van der Waals surface area contributed by atoms with Crippen molar-refractivity contribution in [3.8, 4) is 18.1 Å². The average Bonchev–Trinajstić information content (AvgIpc) is 2.16. The Morgan fingerprint density at radius 1 is 1.43 bits per heavy atom. The smallest absolute Gasteiger partial charge is 0.157 e. The van der Waals surface area contributed by atoms with Crippen molar-refractivity contribution in [1.29, 1.82) is 0 Å². The van der Waals surface area contributed by atoms with Crippen LogP contribution in [0.4, 0.5) is 0 Å². The van der Waals surface area contributed by atoms with E-state index in [0.717, 1.165) is 0 Å². The summed E-state index contributed by atoms with van der Waals surface area (Å²) in [4.78, 5) is 10.4. The SMILES string of the molecule is C#CCOc1c(Cl)cc(C=O)cc1Cl. The van der Waals surface area contributed by atoms with Gasteiger partial charge in [0.25, 0.3) is 0 Å². The molecule has 0 fully saturated rings. The lowest BCUT2D eigenvalue weighted by Crippen LogP contribution is -1.96. The minimum atomic E-state index is 0.0832. The highest BCUT2D eigenvalue weighted by Crippen LogP contribution is 2.33. The molecule has 14 heavy (non-hydrogen) atoms. The van der Waals surface area contributed by atoms with Crippen LogP contribution in [-0.2, 0) is 0 Å². The zero-order valence-electron chi connectivity index (χ0n) is 7.09. The third kappa shape index (κ3) is 2.41. The molecule has 0 saturated heterocycles. The molecule has 0 spiro atoms. The normalized spacial score (nSPS) is 9.21. The zero-order valence-corrected chi connectivity index (χ0v) is 8.60. The van der Waals surface area contributed by atoms with Crippen LogP contribution in [0.5, 0.6) is 5.75 Å². The summed E-state index contributed by atoms with van der Waals surface area (Å²) < 4.78 is 5.10. The van der Waals surface area contributed by atoms with Crippen LogP contribution >= 0.6 is 23.2 Å². The molecule has 1 aromatic rings. The fourth-order valence-electron chi connectivity index (χ4n) is 0.899. The van der Waals surface area contributed by atoms with Gasteiger partial charge in [-0.3, -0.25) is 4.79 Å². The number of hydrogen-bond donors (Lipinski definition) is 0. The molecule has 4 heteroatoms. The standard InChI is InChI=1S/C10H6Cl2O2/c1-2-3-14-10-8(11)4-7(6-13)5-9(10)12/h1,4-6H,3H2. The summed E-state index contributed by atoms with van der Waals surface area (Å²) in [5, 5.41) is 0.546. The Kier molecular flexibility index (Phi) is 3.82. The van der Waals surface area contributed by atoms with E-state index in [2.05, 4.69) is 5.92 Å². The molecule has 1 aromatic carbocycles. The number of carbonyl (C=O) groups is 1. The van der Waals surface area contributed by atoms with Crippen LogP contribution in [0.25, 0.3) is 0 Å². The average molecular weight is 229 g/mol. The van der Waals surface area contributed by atoms with Crippen LogP contribution in [0.1, 0.15) is 10.4 Å². The highest BCUT2D eigenvalue weighted by Gasteiger charge is 2.08. The third-order valence-corrected chi connectivity index (χ3v) is 2.02. The predicted octanol–water partition coefficient (Wildman–Crippen LogP) is 2.82. The minimum absolute atomic E-state index is 0.0832. The van der Waals surface area contributed by atoms with E-state index in [1.165, 1.54) is 12.1 Å². The summed E-state index contributed by atoms with van der Waals surface area (Å²) in [5.74, 6) is 2.59. The van der Waals surface area contributed by atoms with Gasteiger partial charge in [0, 0.05) is 5.56 Å². The maximum Gasteiger partial charge on any atom is 0.157 e. The van der Waals surface area contributed by atoms with E-state index in [9.17, 15) is 4.79 Å². The van der Waals surface area contributed by atoms with Gasteiger partial charge < -0.3 is 4.74 Å². The molecule has 72 valence electrons. The van der Waals surface area contributed by atoms with Gasteiger partial charge in [-0.1, -0.05) is 29.1 Å². The van der Waals surface area contributed by atoms with E-state index in [0.29, 0.717) is 17.6 Å². The van der Waals surface area contributed by atoms with Crippen LogP contribution in [-0.4, -0.2) is 12.9 Å². The molecule has 0 aliphatic heterocycles. The highest BCUT2D eigenvalue weighted by atomic mass is 35.5. The first-order valence-electron chi connectivity index (χ1n) is 3.69. The van der Waals surface area contributed by atoms with Crippen molar-refractivity contribution in [2.24, 2.45) is 0 Å². The maximum atomic E-state index is 10.4. The molecule has 0 saturated carbocycles. The van der Waals surface area contributed by atoms with Crippen molar-refractivity contribution < 1.29 is 9.53 Å². The van der Waals surface area contributed by atoms with Crippen molar-refractivity contribution in [2.45, 2.75) is 0 Å². The van der Waals surface area contributed by atoms with Crippen molar-refractivity contribution >= 4 is 29.5 Å². The Balaban J connectivity index is 3.06. The first-order valence-corrected chi connectivity index (χ1v) is 4.45. The number of rotatable bonds is 3. The predicted molar refractivity (Wildman–Crippen MR) is 56.2 cm³/mol. The molecule has 0 heterocycles. The van der Waals surface area contributed by atoms with E-state index in [-0.39, 0.29) is 16.7 Å². The van der Waals surface area contributed by atoms with Crippen LogP contribution < -0.4 is 4.74 Å². The van der Waals surface area contributed by atoms with Crippen molar-refractivity contribution in [3.63, 3.8) is 0 Å². The molecular formula is C10H6Cl2O2. The summed E-state index contributed by atoms with van der Waals surface area (Å²) in [6, 6.07) is 2.93. The molecule has 0 aromatic heterocycles. The number of halogens is 2. The van der Waals surface area contributed by atoms with Gasteiger partial charge in [0.1, 0.15) is 12.9 Å². The van der Waals surface area contributed by atoms with Crippen LogP contribution in [0.15, 0.2) is 12.1 Å². The highest BCUT2D eigenvalue weighted by molar-refractivity contribution is 6.37. The molecule has 0 bridgehead atoms. The van der Waals surface area contributed by atoms with Crippen LogP contribution in [0.2, 0.25) is 10.0 Å². The number of carbonyl (C=O) groups excluding carboxylic acids is 1. The first-order chi connectivity index (χ1) is 6.69. The number of aldehydes is 1. The van der Waals surface area contributed by atoms with Gasteiger partial charge in [0.15, 0.2) is 5.75 Å². The van der Waals surface area contributed by atoms with Crippen molar-refractivity contribution in [1.82, 2.24) is 0 Å². The van der Waals surface area contributed by atoms with Crippen LogP contribution in [0, 0.1) is 12.3 Å². The second-order valence-electron chi connectivity index (χ2n) is 2.42. The maximum absolute atomic E-state index is 10.4. The Morgan fingerprint density at radius 3 is 2.43 bits per heavy atom. The fraction of sp³-hybridized carbons (Fsp3) is 0.100. The Bertz CT molecular complexity index is 371. The van der Waals surface area contributed by atoms with Gasteiger partial charge in [0.05, 0.1) is 10.0 Å². The van der Waals surface area contributed by atoms with Crippen LogP contribution in [0.3, 0.4) is 0 Å². The number of terminal acetylenes is 1. The number of ether oxygens (including phenoxy) is 1. The van der Waals surface area contributed by atoms with Gasteiger partial charge >= 0.3 is 0 Å². The molecule has 2 nitrogen and oxygen atoms in total. The van der Waals surface area contributed by atoms with E-state index in [1.807, 2.05) is 0 Å². The molecule has 1 rings (SSSR count). The second-order valence-corrected chi connectivity index (χ2v) is 3.24. The van der Waals surface area contributed by atoms with Gasteiger partial charge in [-0.2, -0.15) is 0 Å². The molecule has 0 unspecified atom stereocenters. The molecule has 0 N–H and O–H groups in total. The monoisotopic (exact) mass is 228 g/mol. The van der Waals surface area contributed by atoms with Gasteiger partial charge in [-0.25, -0.2) is 0 Å². The largest absolute Gasteiger partial charge is 0.478 e. The summed E-state index contributed by atoms with van der Waals surface area (Å²) in [6.07, 6.45) is 5.67. The third-order valence-electron chi connectivity index (χ3n) is 1.46. The molecule has 0 atom stereocenters. The lowest BCUT2D eigenvalue weighted by molar-refractivity contribution is 0.112. The summed E-state index contributed by atoms with van der Waals surface area (Å²) in [7, 11) is 0. The lowest BCUT2D eigenvalue weighted by atomic mass is 10.2. The Hall–Kier alpha value is -1.17. The van der Waals surface area contributed by atoms with E-state index in [1.54, 1.807) is 0 Å². The van der Waals surface area contributed by atoms with Gasteiger partial charge in [0.2, 0.25) is 0 Å². The van der Waals surface area contributed by atoms with E-state index in [4.69, 9.17) is 34.4 Å². The Labute approximate surface area is 91.8 Å². The number of benzene rings is 1.